The lowest BCUT2D eigenvalue weighted by atomic mass is 9.79. The van der Waals surface area contributed by atoms with Crippen molar-refractivity contribution in [3.63, 3.8) is 0 Å². The first-order valence-corrected chi connectivity index (χ1v) is 4.82. The lowest BCUT2D eigenvalue weighted by molar-refractivity contribution is -0.157. The van der Waals surface area contributed by atoms with E-state index in [1.54, 1.807) is 20.9 Å². The van der Waals surface area contributed by atoms with E-state index in [0.29, 0.717) is 6.29 Å². The quantitative estimate of drug-likeness (QED) is 0.442. The number of likely N-dealkylation sites (N-methyl/N-ethyl adjacent to an activating group) is 1. The molecule has 1 amide bonds. The van der Waals surface area contributed by atoms with Crippen LogP contribution in [0.1, 0.15) is 20.3 Å². The van der Waals surface area contributed by atoms with Gasteiger partial charge in [-0.3, -0.25) is 9.59 Å². The molecule has 2 heterocycles. The van der Waals surface area contributed by atoms with Gasteiger partial charge in [0.25, 0.3) is 0 Å². The summed E-state index contributed by atoms with van der Waals surface area (Å²) in [7, 11) is 1.56. The van der Waals surface area contributed by atoms with E-state index >= 15 is 0 Å². The first-order valence-electron chi connectivity index (χ1n) is 4.82. The van der Waals surface area contributed by atoms with E-state index in [-0.39, 0.29) is 12.3 Å². The van der Waals surface area contributed by atoms with Crippen LogP contribution in [0.25, 0.3) is 0 Å². The zero-order valence-corrected chi connectivity index (χ0v) is 8.94. The lowest BCUT2D eigenvalue weighted by Crippen LogP contribution is -2.56. The molecule has 0 aromatic rings. The summed E-state index contributed by atoms with van der Waals surface area (Å²) < 4.78 is 5.19. The van der Waals surface area contributed by atoms with Gasteiger partial charge in [-0.15, -0.1) is 0 Å². The van der Waals surface area contributed by atoms with Crippen LogP contribution in [0.15, 0.2) is 0 Å². The van der Waals surface area contributed by atoms with Gasteiger partial charge in [0.05, 0.1) is 12.3 Å². The molecule has 0 unspecified atom stereocenters. The summed E-state index contributed by atoms with van der Waals surface area (Å²) in [6, 6.07) is 0. The Labute approximate surface area is 87.4 Å². The molecule has 2 rings (SSSR count). The highest BCUT2D eigenvalue weighted by Gasteiger charge is 2.68. The molecule has 0 aromatic carbocycles. The molecule has 0 aliphatic carbocycles. The molecule has 2 aliphatic rings. The Morgan fingerprint density at radius 2 is 2.07 bits per heavy atom. The van der Waals surface area contributed by atoms with Gasteiger partial charge in [0.2, 0.25) is 5.91 Å². The van der Waals surface area contributed by atoms with Gasteiger partial charge in [-0.2, -0.15) is 0 Å². The second-order valence-electron chi connectivity index (χ2n) is 4.50. The third-order valence-electron chi connectivity index (χ3n) is 3.92. The number of ether oxygens (including phenoxy) is 1. The van der Waals surface area contributed by atoms with Crippen molar-refractivity contribution in [3.8, 4) is 0 Å². The van der Waals surface area contributed by atoms with Crippen LogP contribution in [-0.2, 0) is 19.1 Å². The molecule has 0 radical (unpaired) electrons. The first-order chi connectivity index (χ1) is 6.87. The Morgan fingerprint density at radius 3 is 2.60 bits per heavy atom. The highest BCUT2D eigenvalue weighted by Crippen LogP contribution is 2.49. The van der Waals surface area contributed by atoms with Crippen LogP contribution in [0, 0.1) is 5.92 Å². The largest absolute Gasteiger partial charge is 0.455 e. The molecule has 15 heavy (non-hydrogen) atoms. The highest BCUT2D eigenvalue weighted by atomic mass is 16.6. The van der Waals surface area contributed by atoms with E-state index in [1.807, 2.05) is 0 Å². The normalized spacial score (nSPS) is 44.2. The van der Waals surface area contributed by atoms with E-state index in [2.05, 4.69) is 0 Å². The summed E-state index contributed by atoms with van der Waals surface area (Å²) in [4.78, 5) is 35.6. The number of amides is 1. The highest BCUT2D eigenvalue weighted by molar-refractivity contribution is 5.96. The number of hydrogen-bond acceptors (Lipinski definition) is 4. The van der Waals surface area contributed by atoms with Crippen molar-refractivity contribution in [3.05, 3.63) is 0 Å². The SMILES string of the molecule is CN1C(=O)[C@@H]2CC(=O)O[C@]2(C)[C@@]1(C)C=O. The van der Waals surface area contributed by atoms with Gasteiger partial charge < -0.3 is 14.4 Å². The second-order valence-corrected chi connectivity index (χ2v) is 4.50. The number of carbonyl (C=O) groups excluding carboxylic acids is 3. The predicted molar refractivity (Wildman–Crippen MR) is 49.8 cm³/mol. The zero-order valence-electron chi connectivity index (χ0n) is 8.94. The van der Waals surface area contributed by atoms with E-state index in [0.717, 1.165) is 0 Å². The van der Waals surface area contributed by atoms with Crippen molar-refractivity contribution in [1.82, 2.24) is 4.90 Å². The van der Waals surface area contributed by atoms with Gasteiger partial charge in [-0.05, 0) is 13.8 Å². The van der Waals surface area contributed by atoms with Gasteiger partial charge in [-0.25, -0.2) is 0 Å². The smallest absolute Gasteiger partial charge is 0.307 e. The third-order valence-corrected chi connectivity index (χ3v) is 3.92. The minimum atomic E-state index is -1.05. The summed E-state index contributed by atoms with van der Waals surface area (Å²) in [6.07, 6.45) is 0.757. The number of aldehydes is 1. The van der Waals surface area contributed by atoms with Crippen LogP contribution in [0.4, 0.5) is 0 Å². The van der Waals surface area contributed by atoms with Crippen LogP contribution in [0.5, 0.6) is 0 Å². The van der Waals surface area contributed by atoms with Crippen molar-refractivity contribution in [2.24, 2.45) is 5.92 Å². The molecule has 0 saturated carbocycles. The number of nitrogens with zero attached hydrogens (tertiary/aromatic N) is 1. The van der Waals surface area contributed by atoms with Gasteiger partial charge in [0.1, 0.15) is 11.8 Å². The van der Waals surface area contributed by atoms with E-state index in [9.17, 15) is 14.4 Å². The molecule has 0 N–H and O–H groups in total. The molecule has 0 spiro atoms. The molecule has 3 atom stereocenters. The van der Waals surface area contributed by atoms with E-state index in [1.165, 1.54) is 4.90 Å². The number of rotatable bonds is 1. The Balaban J connectivity index is 2.55. The molecular formula is C10H13NO4. The number of fused-ring (bicyclic) bond motifs is 1. The first kappa shape index (κ1) is 10.1. The van der Waals surface area contributed by atoms with Crippen molar-refractivity contribution in [2.45, 2.75) is 31.4 Å². The van der Waals surface area contributed by atoms with Crippen LogP contribution < -0.4 is 0 Å². The van der Waals surface area contributed by atoms with Crippen LogP contribution in [0.3, 0.4) is 0 Å². The van der Waals surface area contributed by atoms with E-state index < -0.39 is 23.0 Å². The number of likely N-dealkylation sites (tertiary alicyclic amines) is 1. The molecule has 5 nitrogen and oxygen atoms in total. The summed E-state index contributed by atoms with van der Waals surface area (Å²) in [5, 5.41) is 0. The average Bonchev–Trinajstić information content (AvgIpc) is 2.56. The van der Waals surface area contributed by atoms with Crippen molar-refractivity contribution < 1.29 is 19.1 Å². The van der Waals surface area contributed by atoms with Gasteiger partial charge in [0.15, 0.2) is 5.60 Å². The van der Waals surface area contributed by atoms with Gasteiger partial charge in [-0.1, -0.05) is 0 Å². The summed E-state index contributed by atoms with van der Waals surface area (Å²) >= 11 is 0. The fourth-order valence-electron chi connectivity index (χ4n) is 2.48. The number of hydrogen-bond donors (Lipinski definition) is 0. The predicted octanol–water partition coefficient (Wildman–Crippen LogP) is -0.262. The maximum atomic E-state index is 11.8. The van der Waals surface area contributed by atoms with Crippen LogP contribution >= 0.6 is 0 Å². The Hall–Kier alpha value is -1.39. The minimum Gasteiger partial charge on any atom is -0.455 e. The molecule has 2 saturated heterocycles. The third kappa shape index (κ3) is 0.905. The zero-order chi connectivity index (χ0) is 11.4. The summed E-state index contributed by atoms with van der Waals surface area (Å²) in [6.45, 7) is 3.27. The fourth-order valence-corrected chi connectivity index (χ4v) is 2.48. The maximum Gasteiger partial charge on any atom is 0.307 e. The standard InChI is InChI=1S/C10H13NO4/c1-9(5-12)10(2)6(4-7(13)15-10)8(14)11(9)3/h5-6H,4H2,1-3H3/t6-,9+,10-/m0/s1. The minimum absolute atomic E-state index is 0.0725. The molecule has 82 valence electrons. The Kier molecular flexibility index (Phi) is 1.75. The van der Waals surface area contributed by atoms with Crippen LogP contribution in [0.2, 0.25) is 0 Å². The van der Waals surface area contributed by atoms with Gasteiger partial charge >= 0.3 is 5.97 Å². The van der Waals surface area contributed by atoms with Crippen molar-refractivity contribution >= 4 is 18.2 Å². The van der Waals surface area contributed by atoms with E-state index in [4.69, 9.17) is 4.74 Å². The molecule has 0 bridgehead atoms. The summed E-state index contributed by atoms with van der Waals surface area (Å²) in [5.41, 5.74) is -2.07. The summed E-state index contributed by atoms with van der Waals surface area (Å²) in [5.74, 6) is -1.12. The number of carbonyl (C=O) groups is 3. The molecular weight excluding hydrogens is 198 g/mol. The maximum absolute atomic E-state index is 11.8. The van der Waals surface area contributed by atoms with Gasteiger partial charge in [0, 0.05) is 7.05 Å². The Bertz CT molecular complexity index is 366. The molecule has 0 aromatic heterocycles. The number of esters is 1. The van der Waals surface area contributed by atoms with Crippen LogP contribution in [-0.4, -0.2) is 41.3 Å². The molecule has 2 fully saturated rings. The molecule has 2 aliphatic heterocycles. The second kappa shape index (κ2) is 2.59. The van der Waals surface area contributed by atoms with Crippen molar-refractivity contribution in [1.29, 1.82) is 0 Å². The lowest BCUT2D eigenvalue weighted by Gasteiger charge is -2.37. The van der Waals surface area contributed by atoms with Crippen molar-refractivity contribution in [2.75, 3.05) is 7.05 Å². The fraction of sp³-hybridized carbons (Fsp3) is 0.700. The topological polar surface area (TPSA) is 63.7 Å². The Morgan fingerprint density at radius 1 is 1.47 bits per heavy atom. The molecule has 5 heteroatoms. The average molecular weight is 211 g/mol. The monoisotopic (exact) mass is 211 g/mol.